The Morgan fingerprint density at radius 1 is 0.720 bits per heavy atom. The first-order valence-corrected chi connectivity index (χ1v) is 7.94. The summed E-state index contributed by atoms with van der Waals surface area (Å²) in [6, 6.07) is 20.3. The lowest BCUT2D eigenvalue weighted by molar-refractivity contribution is 0.410. The molecule has 1 N–H and O–H groups in total. The first-order chi connectivity index (χ1) is 12.2. The van der Waals surface area contributed by atoms with E-state index in [2.05, 4.69) is 0 Å². The highest BCUT2D eigenvalue weighted by molar-refractivity contribution is 5.46. The van der Waals surface area contributed by atoms with Gasteiger partial charge in [0.2, 0.25) is 0 Å². The Balaban J connectivity index is 1.87. The van der Waals surface area contributed by atoms with Crippen molar-refractivity contribution in [3.8, 4) is 28.7 Å². The molecular formula is C21H20O4. The standard InChI is InChI=1S/C21H20O4/c1-23-18-7-9-19(10-8-18)25-21-12-11-20(24-2)14-16(21)13-15-3-5-17(22)6-4-15/h3-12,14,22H,13H2,1-2H3. The van der Waals surface area contributed by atoms with E-state index in [-0.39, 0.29) is 5.75 Å². The molecule has 0 saturated carbocycles. The molecule has 0 atom stereocenters. The summed E-state index contributed by atoms with van der Waals surface area (Å²) in [6.45, 7) is 0. The van der Waals surface area contributed by atoms with E-state index in [0.29, 0.717) is 6.42 Å². The van der Waals surface area contributed by atoms with Gasteiger partial charge in [0.25, 0.3) is 0 Å². The number of hydrogen-bond acceptors (Lipinski definition) is 4. The van der Waals surface area contributed by atoms with Crippen LogP contribution in [0.5, 0.6) is 28.7 Å². The number of methoxy groups -OCH3 is 2. The van der Waals surface area contributed by atoms with Crippen LogP contribution in [0.15, 0.2) is 66.7 Å². The van der Waals surface area contributed by atoms with Crippen molar-refractivity contribution in [3.05, 3.63) is 77.9 Å². The Morgan fingerprint density at radius 3 is 1.96 bits per heavy atom. The van der Waals surface area contributed by atoms with Crippen molar-refractivity contribution in [1.29, 1.82) is 0 Å². The molecule has 0 saturated heterocycles. The third kappa shape index (κ3) is 4.23. The fourth-order valence-electron chi connectivity index (χ4n) is 2.52. The molecule has 4 nitrogen and oxygen atoms in total. The Bertz CT molecular complexity index is 824. The highest BCUT2D eigenvalue weighted by atomic mass is 16.5. The largest absolute Gasteiger partial charge is 0.508 e. The second-order valence-corrected chi connectivity index (χ2v) is 5.59. The Kier molecular flexibility index (Phi) is 5.09. The maximum absolute atomic E-state index is 9.44. The summed E-state index contributed by atoms with van der Waals surface area (Å²) in [5.41, 5.74) is 2.08. The van der Waals surface area contributed by atoms with Gasteiger partial charge in [-0.25, -0.2) is 0 Å². The summed E-state index contributed by atoms with van der Waals surface area (Å²) < 4.78 is 16.5. The molecule has 0 heterocycles. The average Bonchev–Trinajstić information content (AvgIpc) is 2.65. The van der Waals surface area contributed by atoms with Crippen molar-refractivity contribution in [2.24, 2.45) is 0 Å². The van der Waals surface area contributed by atoms with Crippen molar-refractivity contribution in [2.45, 2.75) is 6.42 Å². The lowest BCUT2D eigenvalue weighted by Gasteiger charge is -2.13. The van der Waals surface area contributed by atoms with Gasteiger partial charge in [-0.3, -0.25) is 0 Å². The first kappa shape index (κ1) is 16.7. The van der Waals surface area contributed by atoms with Crippen LogP contribution >= 0.6 is 0 Å². The number of hydrogen-bond donors (Lipinski definition) is 1. The smallest absolute Gasteiger partial charge is 0.131 e. The first-order valence-electron chi connectivity index (χ1n) is 7.94. The van der Waals surface area contributed by atoms with Gasteiger partial charge in [-0.2, -0.15) is 0 Å². The van der Waals surface area contributed by atoms with E-state index < -0.39 is 0 Å². The minimum Gasteiger partial charge on any atom is -0.508 e. The van der Waals surface area contributed by atoms with Crippen LogP contribution in [0.25, 0.3) is 0 Å². The summed E-state index contributed by atoms with van der Waals surface area (Å²) in [5.74, 6) is 3.31. The van der Waals surface area contributed by atoms with E-state index in [4.69, 9.17) is 14.2 Å². The number of aromatic hydroxyl groups is 1. The van der Waals surface area contributed by atoms with Gasteiger partial charge in [-0.05, 0) is 60.2 Å². The predicted molar refractivity (Wildman–Crippen MR) is 97.0 cm³/mol. The topological polar surface area (TPSA) is 47.9 Å². The van der Waals surface area contributed by atoms with Crippen LogP contribution in [0.4, 0.5) is 0 Å². The van der Waals surface area contributed by atoms with Gasteiger partial charge in [0.05, 0.1) is 14.2 Å². The van der Waals surface area contributed by atoms with Gasteiger partial charge < -0.3 is 19.3 Å². The van der Waals surface area contributed by atoms with E-state index in [1.807, 2.05) is 54.6 Å². The highest BCUT2D eigenvalue weighted by Gasteiger charge is 2.09. The zero-order chi connectivity index (χ0) is 17.6. The highest BCUT2D eigenvalue weighted by Crippen LogP contribution is 2.31. The molecule has 128 valence electrons. The molecule has 4 heteroatoms. The quantitative estimate of drug-likeness (QED) is 0.703. The molecule has 3 rings (SSSR count). The molecule has 3 aromatic rings. The molecule has 0 spiro atoms. The van der Waals surface area contributed by atoms with Crippen molar-refractivity contribution in [2.75, 3.05) is 14.2 Å². The fourth-order valence-corrected chi connectivity index (χ4v) is 2.52. The van der Waals surface area contributed by atoms with Crippen LogP contribution in [0.3, 0.4) is 0 Å². The van der Waals surface area contributed by atoms with Gasteiger partial charge >= 0.3 is 0 Å². The van der Waals surface area contributed by atoms with Crippen LogP contribution in [0.2, 0.25) is 0 Å². The monoisotopic (exact) mass is 336 g/mol. The van der Waals surface area contributed by atoms with Crippen molar-refractivity contribution in [1.82, 2.24) is 0 Å². The molecule has 0 aliphatic carbocycles. The molecule has 0 unspecified atom stereocenters. The van der Waals surface area contributed by atoms with Crippen LogP contribution in [0.1, 0.15) is 11.1 Å². The molecule has 25 heavy (non-hydrogen) atoms. The van der Waals surface area contributed by atoms with Gasteiger partial charge in [-0.15, -0.1) is 0 Å². The summed E-state index contributed by atoms with van der Waals surface area (Å²) >= 11 is 0. The molecule has 0 aliphatic rings. The molecule has 0 radical (unpaired) electrons. The maximum atomic E-state index is 9.44. The van der Waals surface area contributed by atoms with E-state index in [1.165, 1.54) is 0 Å². The SMILES string of the molecule is COc1ccc(Oc2ccc(OC)cc2Cc2ccc(O)cc2)cc1. The average molecular weight is 336 g/mol. The van der Waals surface area contributed by atoms with Gasteiger partial charge in [-0.1, -0.05) is 12.1 Å². The van der Waals surface area contributed by atoms with Crippen LogP contribution in [-0.2, 0) is 6.42 Å². The van der Waals surface area contributed by atoms with E-state index in [1.54, 1.807) is 26.4 Å². The number of rotatable bonds is 6. The number of phenols is 1. The third-order valence-corrected chi connectivity index (χ3v) is 3.89. The van der Waals surface area contributed by atoms with Crippen LogP contribution in [-0.4, -0.2) is 19.3 Å². The number of phenolic OH excluding ortho intramolecular Hbond substituents is 1. The molecule has 0 aliphatic heterocycles. The van der Waals surface area contributed by atoms with E-state index in [9.17, 15) is 5.11 Å². The van der Waals surface area contributed by atoms with Crippen molar-refractivity contribution < 1.29 is 19.3 Å². The molecule has 0 aromatic heterocycles. The summed E-state index contributed by atoms with van der Waals surface area (Å²) in [7, 11) is 3.28. The van der Waals surface area contributed by atoms with Crippen LogP contribution in [0, 0.1) is 0 Å². The van der Waals surface area contributed by atoms with Gasteiger partial charge in [0, 0.05) is 12.0 Å². The van der Waals surface area contributed by atoms with Gasteiger partial charge in [0.1, 0.15) is 28.7 Å². The Hall–Kier alpha value is -3.14. The normalized spacial score (nSPS) is 10.3. The minimum atomic E-state index is 0.254. The molecule has 0 amide bonds. The number of ether oxygens (including phenoxy) is 3. The molecule has 3 aromatic carbocycles. The molecule has 0 bridgehead atoms. The maximum Gasteiger partial charge on any atom is 0.131 e. The molecule has 0 fully saturated rings. The van der Waals surface area contributed by atoms with E-state index in [0.717, 1.165) is 34.1 Å². The summed E-state index contributed by atoms with van der Waals surface area (Å²) in [4.78, 5) is 0. The zero-order valence-electron chi connectivity index (χ0n) is 14.2. The van der Waals surface area contributed by atoms with Gasteiger partial charge in [0.15, 0.2) is 0 Å². The van der Waals surface area contributed by atoms with E-state index >= 15 is 0 Å². The second-order valence-electron chi connectivity index (χ2n) is 5.59. The summed E-state index contributed by atoms with van der Waals surface area (Å²) in [6.07, 6.45) is 0.670. The summed E-state index contributed by atoms with van der Waals surface area (Å²) in [5, 5.41) is 9.44. The van der Waals surface area contributed by atoms with Crippen molar-refractivity contribution in [3.63, 3.8) is 0 Å². The molecular weight excluding hydrogens is 316 g/mol. The lowest BCUT2D eigenvalue weighted by atomic mass is 10.0. The minimum absolute atomic E-state index is 0.254. The van der Waals surface area contributed by atoms with Crippen LogP contribution < -0.4 is 14.2 Å². The predicted octanol–water partition coefficient (Wildman–Crippen LogP) is 4.79. The lowest BCUT2D eigenvalue weighted by Crippen LogP contribution is -1.95. The Labute approximate surface area is 147 Å². The third-order valence-electron chi connectivity index (χ3n) is 3.89. The van der Waals surface area contributed by atoms with Crippen molar-refractivity contribution >= 4 is 0 Å². The zero-order valence-corrected chi connectivity index (χ0v) is 14.2. The Morgan fingerprint density at radius 2 is 1.32 bits per heavy atom. The number of benzene rings is 3. The fraction of sp³-hybridized carbons (Fsp3) is 0.143. The second kappa shape index (κ2) is 7.62.